The first kappa shape index (κ1) is 15.7. The number of carboxylic acids is 1. The van der Waals surface area contributed by atoms with Gasteiger partial charge in [0.05, 0.1) is 0 Å². The summed E-state index contributed by atoms with van der Waals surface area (Å²) < 4.78 is 2.29. The summed E-state index contributed by atoms with van der Waals surface area (Å²) >= 11 is 0.999. The van der Waals surface area contributed by atoms with Crippen molar-refractivity contribution in [3.05, 3.63) is 26.7 Å². The lowest BCUT2D eigenvalue weighted by molar-refractivity contribution is -0.136. The van der Waals surface area contributed by atoms with Crippen molar-refractivity contribution >= 4 is 28.8 Å². The highest BCUT2D eigenvalue weighted by molar-refractivity contribution is 8.00. The SMILES string of the molecule is C[C@H](Sc1nc(C2CC2)nc2c1c(=O)n(C)c(=O)n2C)C(=O)O. The normalized spacial score (nSPS) is 15.8. The molecule has 0 aromatic carbocycles. The monoisotopic (exact) mass is 336 g/mol. The second-order valence-corrected chi connectivity index (χ2v) is 6.99. The fourth-order valence-electron chi connectivity index (χ4n) is 2.27. The van der Waals surface area contributed by atoms with E-state index >= 15 is 0 Å². The van der Waals surface area contributed by atoms with Gasteiger partial charge in [0, 0.05) is 20.0 Å². The molecule has 0 spiro atoms. The number of aryl methyl sites for hydroxylation is 1. The molecule has 1 aliphatic carbocycles. The van der Waals surface area contributed by atoms with E-state index in [1.165, 1.54) is 18.5 Å². The maximum atomic E-state index is 12.5. The van der Waals surface area contributed by atoms with Crippen molar-refractivity contribution in [1.29, 1.82) is 0 Å². The van der Waals surface area contributed by atoms with Crippen LogP contribution >= 0.6 is 11.8 Å². The number of nitrogens with zero attached hydrogens (tertiary/aromatic N) is 4. The molecule has 0 radical (unpaired) electrons. The lowest BCUT2D eigenvalue weighted by atomic mass is 10.3. The van der Waals surface area contributed by atoms with Gasteiger partial charge >= 0.3 is 11.7 Å². The molecular formula is C14H16N4O4S. The average Bonchev–Trinajstić information content (AvgIpc) is 3.34. The summed E-state index contributed by atoms with van der Waals surface area (Å²) in [5.41, 5.74) is -0.717. The fourth-order valence-corrected chi connectivity index (χ4v) is 3.15. The number of fused-ring (bicyclic) bond motifs is 1. The minimum Gasteiger partial charge on any atom is -0.480 e. The summed E-state index contributed by atoms with van der Waals surface area (Å²) in [6.07, 6.45) is 1.92. The number of hydrogen-bond donors (Lipinski definition) is 1. The molecule has 1 N–H and O–H groups in total. The predicted octanol–water partition coefficient (Wildman–Crippen LogP) is 0.470. The zero-order chi connectivity index (χ0) is 16.9. The molecule has 0 aliphatic heterocycles. The van der Waals surface area contributed by atoms with Gasteiger partial charge in [-0.15, -0.1) is 0 Å². The quantitative estimate of drug-likeness (QED) is 0.639. The molecule has 3 rings (SSSR count). The second-order valence-electron chi connectivity index (χ2n) is 5.66. The molecule has 8 nitrogen and oxygen atoms in total. The van der Waals surface area contributed by atoms with Gasteiger partial charge in [-0.2, -0.15) is 0 Å². The van der Waals surface area contributed by atoms with Gasteiger partial charge in [-0.1, -0.05) is 11.8 Å². The number of aliphatic carboxylic acids is 1. The maximum absolute atomic E-state index is 12.5. The number of carbonyl (C=O) groups is 1. The molecule has 0 bridgehead atoms. The van der Waals surface area contributed by atoms with Crippen LogP contribution in [0.3, 0.4) is 0 Å². The topological polar surface area (TPSA) is 107 Å². The van der Waals surface area contributed by atoms with Gasteiger partial charge in [-0.25, -0.2) is 14.8 Å². The van der Waals surface area contributed by atoms with Crippen molar-refractivity contribution in [2.24, 2.45) is 14.1 Å². The lowest BCUT2D eigenvalue weighted by Gasteiger charge is -2.12. The van der Waals surface area contributed by atoms with Gasteiger partial charge < -0.3 is 5.11 Å². The van der Waals surface area contributed by atoms with Crippen molar-refractivity contribution in [1.82, 2.24) is 19.1 Å². The number of rotatable bonds is 4. The number of thioether (sulfide) groups is 1. The highest BCUT2D eigenvalue weighted by Crippen LogP contribution is 2.39. The molecule has 0 amide bonds. The Kier molecular flexibility index (Phi) is 3.75. The Morgan fingerprint density at radius 2 is 1.91 bits per heavy atom. The Bertz CT molecular complexity index is 929. The van der Waals surface area contributed by atoms with Crippen molar-refractivity contribution in [3.8, 4) is 0 Å². The van der Waals surface area contributed by atoms with Crippen molar-refractivity contribution in [2.75, 3.05) is 0 Å². The predicted molar refractivity (Wildman–Crippen MR) is 84.9 cm³/mol. The van der Waals surface area contributed by atoms with Crippen LogP contribution in [-0.4, -0.2) is 35.4 Å². The third-order valence-corrected chi connectivity index (χ3v) is 4.94. The van der Waals surface area contributed by atoms with Crippen LogP contribution in [0.4, 0.5) is 0 Å². The van der Waals surface area contributed by atoms with E-state index in [0.717, 1.165) is 29.2 Å². The van der Waals surface area contributed by atoms with E-state index < -0.39 is 22.5 Å². The van der Waals surface area contributed by atoms with E-state index in [2.05, 4.69) is 9.97 Å². The first-order valence-corrected chi connectivity index (χ1v) is 8.06. The molecule has 23 heavy (non-hydrogen) atoms. The van der Waals surface area contributed by atoms with Crippen molar-refractivity contribution in [3.63, 3.8) is 0 Å². The first-order chi connectivity index (χ1) is 10.8. The van der Waals surface area contributed by atoms with Crippen LogP contribution in [0.2, 0.25) is 0 Å². The van der Waals surface area contributed by atoms with Crippen LogP contribution in [0.1, 0.15) is 31.5 Å². The first-order valence-electron chi connectivity index (χ1n) is 7.18. The summed E-state index contributed by atoms with van der Waals surface area (Å²) in [6, 6.07) is 0. The van der Waals surface area contributed by atoms with Crippen molar-refractivity contribution in [2.45, 2.75) is 36.0 Å². The zero-order valence-corrected chi connectivity index (χ0v) is 13.8. The minimum atomic E-state index is -0.989. The van der Waals surface area contributed by atoms with E-state index in [9.17, 15) is 14.4 Å². The van der Waals surface area contributed by atoms with E-state index in [-0.39, 0.29) is 17.0 Å². The van der Waals surface area contributed by atoms with E-state index in [1.807, 2.05) is 0 Å². The zero-order valence-electron chi connectivity index (χ0n) is 12.9. The molecule has 1 aliphatic rings. The van der Waals surface area contributed by atoms with Gasteiger partial charge in [-0.3, -0.25) is 18.7 Å². The molecule has 0 unspecified atom stereocenters. The molecule has 1 fully saturated rings. The summed E-state index contributed by atoms with van der Waals surface area (Å²) in [7, 11) is 2.93. The highest BCUT2D eigenvalue weighted by atomic mass is 32.2. The van der Waals surface area contributed by atoms with Crippen LogP contribution < -0.4 is 11.2 Å². The molecule has 0 saturated heterocycles. The van der Waals surface area contributed by atoms with Gasteiger partial charge in [0.15, 0.2) is 5.65 Å². The highest BCUT2D eigenvalue weighted by Gasteiger charge is 2.29. The Hall–Kier alpha value is -2.16. The van der Waals surface area contributed by atoms with Crippen molar-refractivity contribution < 1.29 is 9.90 Å². The van der Waals surface area contributed by atoms with Crippen LogP contribution in [0, 0.1) is 0 Å². The molecule has 2 aromatic heterocycles. The largest absolute Gasteiger partial charge is 0.480 e. The standard InChI is InChI=1S/C14H16N4O4S/c1-6(13(20)21)23-11-8-10(15-9(16-11)7-4-5-7)17(2)14(22)18(3)12(8)19/h6-7H,4-5H2,1-3H3,(H,20,21)/t6-/m0/s1. The Labute approximate surface area is 135 Å². The number of aromatic nitrogens is 4. The van der Waals surface area contributed by atoms with Gasteiger partial charge in [0.2, 0.25) is 0 Å². The Morgan fingerprint density at radius 1 is 1.26 bits per heavy atom. The second kappa shape index (κ2) is 5.48. The molecule has 9 heteroatoms. The molecule has 1 saturated carbocycles. The summed E-state index contributed by atoms with van der Waals surface area (Å²) in [6.45, 7) is 1.53. The Morgan fingerprint density at radius 3 is 2.48 bits per heavy atom. The maximum Gasteiger partial charge on any atom is 0.332 e. The third-order valence-electron chi connectivity index (χ3n) is 3.86. The fraction of sp³-hybridized carbons (Fsp3) is 0.500. The van der Waals surface area contributed by atoms with Gasteiger partial charge in [0.1, 0.15) is 21.5 Å². The van der Waals surface area contributed by atoms with E-state index in [0.29, 0.717) is 10.9 Å². The van der Waals surface area contributed by atoms with E-state index in [4.69, 9.17) is 5.11 Å². The lowest BCUT2D eigenvalue weighted by Crippen LogP contribution is -2.38. The molecule has 2 aromatic rings. The summed E-state index contributed by atoms with van der Waals surface area (Å²) in [5, 5.41) is 8.88. The van der Waals surface area contributed by atoms with Gasteiger partial charge in [-0.05, 0) is 19.8 Å². The molecule has 2 heterocycles. The van der Waals surface area contributed by atoms with Crippen LogP contribution in [0.5, 0.6) is 0 Å². The number of carboxylic acid groups (broad SMARTS) is 1. The van der Waals surface area contributed by atoms with Crippen LogP contribution in [-0.2, 0) is 18.9 Å². The van der Waals surface area contributed by atoms with Crippen LogP contribution in [0.25, 0.3) is 11.0 Å². The molecule has 122 valence electrons. The summed E-state index contributed by atoms with van der Waals surface area (Å²) in [5.74, 6) is -0.199. The van der Waals surface area contributed by atoms with Crippen LogP contribution in [0.15, 0.2) is 14.6 Å². The third kappa shape index (κ3) is 2.65. The van der Waals surface area contributed by atoms with E-state index in [1.54, 1.807) is 7.05 Å². The van der Waals surface area contributed by atoms with Gasteiger partial charge in [0.25, 0.3) is 5.56 Å². The molecular weight excluding hydrogens is 320 g/mol. The molecule has 1 atom stereocenters. The smallest absolute Gasteiger partial charge is 0.332 e. The average molecular weight is 336 g/mol. The Balaban J connectivity index is 2.33. The summed E-state index contributed by atoms with van der Waals surface area (Å²) in [4.78, 5) is 44.5. The minimum absolute atomic E-state index is 0.192. The number of hydrogen-bond acceptors (Lipinski definition) is 6.